The molecule has 0 fully saturated rings. The van der Waals surface area contributed by atoms with Crippen LogP contribution in [-0.4, -0.2) is 17.1 Å². The Bertz CT molecular complexity index is 1160. The van der Waals surface area contributed by atoms with Crippen molar-refractivity contribution in [2.24, 2.45) is 0 Å². The van der Waals surface area contributed by atoms with Crippen molar-refractivity contribution in [2.45, 2.75) is 20.4 Å². The van der Waals surface area contributed by atoms with Crippen LogP contribution in [0.25, 0.3) is 22.6 Å². The largest absolute Gasteiger partial charge is 0.465 e. The molecule has 2 aromatic carbocycles. The monoisotopic (exact) mass is 369 g/mol. The van der Waals surface area contributed by atoms with Crippen molar-refractivity contribution < 1.29 is 9.53 Å². The summed E-state index contributed by atoms with van der Waals surface area (Å²) in [6, 6.07) is 19.1. The number of allylic oxidation sites excluding steroid dienone is 1. The zero-order valence-corrected chi connectivity index (χ0v) is 15.8. The molecule has 5 heteroatoms. The van der Waals surface area contributed by atoms with E-state index in [0.717, 1.165) is 22.2 Å². The van der Waals surface area contributed by atoms with E-state index in [0.29, 0.717) is 23.3 Å². The van der Waals surface area contributed by atoms with Crippen LogP contribution >= 0.6 is 0 Å². The molecule has 5 nitrogen and oxygen atoms in total. The summed E-state index contributed by atoms with van der Waals surface area (Å²) in [5.41, 5.74) is 4.29. The summed E-state index contributed by atoms with van der Waals surface area (Å²) < 4.78 is 7.00. The van der Waals surface area contributed by atoms with Crippen LogP contribution in [-0.2, 0) is 16.1 Å². The number of carbonyl (C=O) groups is 1. The van der Waals surface area contributed by atoms with Crippen LogP contribution in [0.5, 0.6) is 0 Å². The Morgan fingerprint density at radius 3 is 2.68 bits per heavy atom. The van der Waals surface area contributed by atoms with Crippen molar-refractivity contribution >= 4 is 28.5 Å². The highest BCUT2D eigenvalue weighted by atomic mass is 16.5. The molecule has 0 saturated heterocycles. The number of carbonyl (C=O) groups excluding carboxylic acids is 1. The van der Waals surface area contributed by atoms with Crippen molar-refractivity contribution in [3.63, 3.8) is 0 Å². The Kier molecular flexibility index (Phi) is 5.58. The SMILES string of the molecule is CCOC(=O)Cn1c(C)c(C=C(C#N)c2cccc(C#N)c2)c2ccccc21. The van der Waals surface area contributed by atoms with Gasteiger partial charge in [0.25, 0.3) is 0 Å². The van der Waals surface area contributed by atoms with Crippen LogP contribution in [0.3, 0.4) is 0 Å². The number of benzene rings is 2. The molecule has 0 spiro atoms. The van der Waals surface area contributed by atoms with Gasteiger partial charge in [-0.05, 0) is 43.7 Å². The molecule has 1 aromatic heterocycles. The van der Waals surface area contributed by atoms with E-state index in [4.69, 9.17) is 10.00 Å². The number of nitriles is 2. The number of esters is 1. The fourth-order valence-corrected chi connectivity index (χ4v) is 3.26. The van der Waals surface area contributed by atoms with E-state index >= 15 is 0 Å². The fraction of sp³-hybridized carbons (Fsp3) is 0.174. The van der Waals surface area contributed by atoms with Gasteiger partial charge >= 0.3 is 5.97 Å². The van der Waals surface area contributed by atoms with Gasteiger partial charge in [0.2, 0.25) is 0 Å². The topological polar surface area (TPSA) is 78.8 Å². The second-order valence-electron chi connectivity index (χ2n) is 6.27. The van der Waals surface area contributed by atoms with Crippen molar-refractivity contribution in [3.8, 4) is 12.1 Å². The summed E-state index contributed by atoms with van der Waals surface area (Å²) in [5.74, 6) is -0.302. The summed E-state index contributed by atoms with van der Waals surface area (Å²) in [6.45, 7) is 4.14. The van der Waals surface area contributed by atoms with E-state index in [1.807, 2.05) is 47.9 Å². The predicted molar refractivity (Wildman–Crippen MR) is 108 cm³/mol. The van der Waals surface area contributed by atoms with E-state index in [1.165, 1.54) is 0 Å². The minimum absolute atomic E-state index is 0.111. The molecular formula is C23H19N3O2. The molecular weight excluding hydrogens is 350 g/mol. The Morgan fingerprint density at radius 2 is 1.96 bits per heavy atom. The number of rotatable bonds is 5. The average Bonchev–Trinajstić information content (AvgIpc) is 2.97. The molecule has 0 N–H and O–H groups in total. The van der Waals surface area contributed by atoms with Crippen LogP contribution in [0.4, 0.5) is 0 Å². The number of hydrogen-bond donors (Lipinski definition) is 0. The fourth-order valence-electron chi connectivity index (χ4n) is 3.26. The van der Waals surface area contributed by atoms with Crippen LogP contribution in [0, 0.1) is 29.6 Å². The molecule has 28 heavy (non-hydrogen) atoms. The van der Waals surface area contributed by atoms with Crippen molar-refractivity contribution in [2.75, 3.05) is 6.61 Å². The molecule has 0 saturated carbocycles. The molecule has 138 valence electrons. The first-order valence-corrected chi connectivity index (χ1v) is 8.94. The molecule has 0 aliphatic carbocycles. The molecule has 0 aliphatic rings. The lowest BCUT2D eigenvalue weighted by Gasteiger charge is -2.08. The summed E-state index contributed by atoms with van der Waals surface area (Å²) in [4.78, 5) is 12.0. The van der Waals surface area contributed by atoms with Gasteiger partial charge in [-0.3, -0.25) is 4.79 Å². The molecule has 0 unspecified atom stereocenters. The number of fused-ring (bicyclic) bond motifs is 1. The number of para-hydroxylation sites is 1. The lowest BCUT2D eigenvalue weighted by atomic mass is 10.0. The molecule has 3 aromatic rings. The highest BCUT2D eigenvalue weighted by molar-refractivity contribution is 5.99. The first-order chi connectivity index (χ1) is 13.6. The standard InChI is InChI=1S/C23H19N3O2/c1-3-28-23(27)15-26-16(2)21(20-9-4-5-10-22(20)26)12-19(14-25)18-8-6-7-17(11-18)13-24/h4-12H,3,15H2,1-2H3. The van der Waals surface area contributed by atoms with Crippen LogP contribution < -0.4 is 0 Å². The summed E-state index contributed by atoms with van der Waals surface area (Å²) in [6.07, 6.45) is 1.82. The van der Waals surface area contributed by atoms with Crippen molar-refractivity contribution in [1.82, 2.24) is 4.57 Å². The van der Waals surface area contributed by atoms with Gasteiger partial charge in [0.1, 0.15) is 6.54 Å². The van der Waals surface area contributed by atoms with Crippen molar-refractivity contribution in [1.29, 1.82) is 10.5 Å². The number of hydrogen-bond acceptors (Lipinski definition) is 4. The molecule has 3 rings (SSSR count). The maximum absolute atomic E-state index is 12.0. The Balaban J connectivity index is 2.16. The molecule has 0 bridgehead atoms. The second-order valence-corrected chi connectivity index (χ2v) is 6.27. The molecule has 0 aliphatic heterocycles. The zero-order valence-electron chi connectivity index (χ0n) is 15.8. The third kappa shape index (κ3) is 3.65. The van der Waals surface area contributed by atoms with E-state index in [2.05, 4.69) is 12.1 Å². The van der Waals surface area contributed by atoms with Crippen LogP contribution in [0.15, 0.2) is 48.5 Å². The average molecular weight is 369 g/mol. The number of nitrogens with zero attached hydrogens (tertiary/aromatic N) is 3. The zero-order chi connectivity index (χ0) is 20.1. The van der Waals surface area contributed by atoms with E-state index in [-0.39, 0.29) is 12.5 Å². The van der Waals surface area contributed by atoms with Crippen molar-refractivity contribution in [3.05, 3.63) is 70.9 Å². The van der Waals surface area contributed by atoms with Crippen LogP contribution in [0.2, 0.25) is 0 Å². The summed E-state index contributed by atoms with van der Waals surface area (Å²) in [5, 5.41) is 19.8. The van der Waals surface area contributed by atoms with E-state index in [1.54, 1.807) is 25.1 Å². The third-order valence-electron chi connectivity index (χ3n) is 4.58. The van der Waals surface area contributed by atoms with E-state index in [9.17, 15) is 10.1 Å². The van der Waals surface area contributed by atoms with Gasteiger partial charge in [0, 0.05) is 22.2 Å². The van der Waals surface area contributed by atoms with Gasteiger partial charge < -0.3 is 9.30 Å². The quantitative estimate of drug-likeness (QED) is 0.492. The van der Waals surface area contributed by atoms with Gasteiger partial charge in [-0.1, -0.05) is 30.3 Å². The Labute approximate surface area is 163 Å². The number of aromatic nitrogens is 1. The third-order valence-corrected chi connectivity index (χ3v) is 4.58. The maximum Gasteiger partial charge on any atom is 0.325 e. The second kappa shape index (κ2) is 8.24. The molecule has 0 atom stereocenters. The highest BCUT2D eigenvalue weighted by Gasteiger charge is 2.16. The first kappa shape index (κ1) is 18.9. The van der Waals surface area contributed by atoms with E-state index < -0.39 is 0 Å². The molecule has 0 radical (unpaired) electrons. The first-order valence-electron chi connectivity index (χ1n) is 8.94. The number of ether oxygens (including phenoxy) is 1. The van der Waals surface area contributed by atoms with Crippen LogP contribution in [0.1, 0.15) is 29.3 Å². The summed E-state index contributed by atoms with van der Waals surface area (Å²) in [7, 11) is 0. The highest BCUT2D eigenvalue weighted by Crippen LogP contribution is 2.30. The predicted octanol–water partition coefficient (Wildman–Crippen LogP) is 4.45. The molecule has 0 amide bonds. The lowest BCUT2D eigenvalue weighted by molar-refractivity contribution is -0.143. The van der Waals surface area contributed by atoms with Gasteiger partial charge in [0.05, 0.1) is 29.9 Å². The maximum atomic E-state index is 12.0. The minimum Gasteiger partial charge on any atom is -0.465 e. The van der Waals surface area contributed by atoms with Gasteiger partial charge in [-0.15, -0.1) is 0 Å². The smallest absolute Gasteiger partial charge is 0.325 e. The van der Waals surface area contributed by atoms with Gasteiger partial charge in [-0.2, -0.15) is 10.5 Å². The molecule has 1 heterocycles. The summed E-state index contributed by atoms with van der Waals surface area (Å²) >= 11 is 0. The normalized spacial score (nSPS) is 11.1. The van der Waals surface area contributed by atoms with Gasteiger partial charge in [0.15, 0.2) is 0 Å². The minimum atomic E-state index is -0.302. The Hall–Kier alpha value is -3.83. The van der Waals surface area contributed by atoms with Gasteiger partial charge in [-0.25, -0.2) is 0 Å². The lowest BCUT2D eigenvalue weighted by Crippen LogP contribution is -2.14. The Morgan fingerprint density at radius 1 is 1.18 bits per heavy atom.